The molecule has 0 aliphatic carbocycles. The summed E-state index contributed by atoms with van der Waals surface area (Å²) in [5.74, 6) is -0.809. The molecule has 0 saturated heterocycles. The molecule has 1 rings (SSSR count). The summed E-state index contributed by atoms with van der Waals surface area (Å²) in [5.41, 5.74) is 2.41. The van der Waals surface area contributed by atoms with E-state index in [0.29, 0.717) is 17.8 Å². The summed E-state index contributed by atoms with van der Waals surface area (Å²) < 4.78 is 0. The van der Waals surface area contributed by atoms with Crippen molar-refractivity contribution in [1.29, 1.82) is 0 Å². The fourth-order valence-electron chi connectivity index (χ4n) is 1.98. The normalized spacial score (nSPS) is 11.4. The predicted octanol–water partition coefficient (Wildman–Crippen LogP) is 3.21. The fraction of sp³-hybridized carbons (Fsp3) is 0.667. The Hall–Kier alpha value is -1.43. The van der Waals surface area contributed by atoms with E-state index in [2.05, 4.69) is 10.3 Å². The molecule has 1 heterocycles. The highest BCUT2D eigenvalue weighted by Gasteiger charge is 2.24. The van der Waals surface area contributed by atoms with Crippen molar-refractivity contribution in [3.63, 3.8) is 0 Å². The van der Waals surface area contributed by atoms with Crippen molar-refractivity contribution in [2.24, 2.45) is 0 Å². The van der Waals surface area contributed by atoms with Crippen molar-refractivity contribution >= 4 is 23.2 Å². The van der Waals surface area contributed by atoms with Gasteiger partial charge in [-0.15, -0.1) is 11.3 Å². The predicted molar refractivity (Wildman–Crippen MR) is 83.9 cm³/mol. The molecule has 5 nitrogen and oxygen atoms in total. The first kappa shape index (κ1) is 17.6. The first-order valence-electron chi connectivity index (χ1n) is 7.26. The van der Waals surface area contributed by atoms with Gasteiger partial charge >= 0.3 is 5.97 Å². The van der Waals surface area contributed by atoms with E-state index in [1.165, 1.54) is 11.3 Å². The number of carbonyl (C=O) groups excluding carboxylic acids is 1. The molecule has 0 unspecified atom stereocenters. The van der Waals surface area contributed by atoms with E-state index in [0.717, 1.165) is 25.0 Å². The second-order valence-electron chi connectivity index (χ2n) is 6.09. The minimum absolute atomic E-state index is 0.0621. The van der Waals surface area contributed by atoms with Crippen molar-refractivity contribution in [2.45, 2.75) is 58.3 Å². The maximum Gasteiger partial charge on any atom is 0.303 e. The van der Waals surface area contributed by atoms with Crippen molar-refractivity contribution in [2.75, 3.05) is 6.54 Å². The molecule has 1 aromatic rings. The van der Waals surface area contributed by atoms with Crippen LogP contribution in [0.25, 0.3) is 0 Å². The lowest BCUT2D eigenvalue weighted by molar-refractivity contribution is -0.137. The Balaban J connectivity index is 2.29. The number of rotatable bonds is 8. The monoisotopic (exact) mass is 312 g/mol. The summed E-state index contributed by atoms with van der Waals surface area (Å²) in [4.78, 5) is 27.5. The Bertz CT molecular complexity index is 478. The SMILES string of the molecule is CC(C)(C)c1ncsc1C(=O)NCCCCCCC(=O)O. The second kappa shape index (κ2) is 8.12. The summed E-state index contributed by atoms with van der Waals surface area (Å²) in [7, 11) is 0. The zero-order valence-corrected chi connectivity index (χ0v) is 13.8. The largest absolute Gasteiger partial charge is 0.481 e. The van der Waals surface area contributed by atoms with Gasteiger partial charge in [-0.1, -0.05) is 33.6 Å². The van der Waals surface area contributed by atoms with Crippen LogP contribution in [0.15, 0.2) is 5.51 Å². The van der Waals surface area contributed by atoms with Gasteiger partial charge in [-0.3, -0.25) is 9.59 Å². The molecule has 2 N–H and O–H groups in total. The molecule has 21 heavy (non-hydrogen) atoms. The Kier molecular flexibility index (Phi) is 6.81. The van der Waals surface area contributed by atoms with E-state index in [1.807, 2.05) is 20.8 Å². The third-order valence-corrected chi connectivity index (χ3v) is 3.91. The van der Waals surface area contributed by atoms with E-state index < -0.39 is 5.97 Å². The van der Waals surface area contributed by atoms with E-state index in [4.69, 9.17) is 5.11 Å². The third kappa shape index (κ3) is 6.25. The molecule has 0 aliphatic heterocycles. The van der Waals surface area contributed by atoms with Gasteiger partial charge in [0.05, 0.1) is 11.2 Å². The first-order chi connectivity index (χ1) is 9.82. The lowest BCUT2D eigenvalue weighted by Gasteiger charge is -2.17. The summed E-state index contributed by atoms with van der Waals surface area (Å²) in [5, 5.41) is 11.4. The van der Waals surface area contributed by atoms with Crippen LogP contribution in [0.5, 0.6) is 0 Å². The maximum atomic E-state index is 12.1. The van der Waals surface area contributed by atoms with Crippen molar-refractivity contribution < 1.29 is 14.7 Å². The van der Waals surface area contributed by atoms with E-state index >= 15 is 0 Å². The molecule has 0 bridgehead atoms. The Morgan fingerprint density at radius 1 is 1.24 bits per heavy atom. The summed E-state index contributed by atoms with van der Waals surface area (Å²) in [6, 6.07) is 0. The minimum atomic E-state index is -0.747. The number of hydrogen-bond donors (Lipinski definition) is 2. The Morgan fingerprint density at radius 3 is 2.52 bits per heavy atom. The number of nitrogens with one attached hydrogen (secondary N) is 1. The Morgan fingerprint density at radius 2 is 1.90 bits per heavy atom. The fourth-order valence-corrected chi connectivity index (χ4v) is 2.89. The van der Waals surface area contributed by atoms with E-state index in [9.17, 15) is 9.59 Å². The number of aromatic nitrogens is 1. The third-order valence-electron chi connectivity index (χ3n) is 3.09. The number of hydrogen-bond acceptors (Lipinski definition) is 4. The van der Waals surface area contributed by atoms with Crippen LogP contribution in [-0.4, -0.2) is 28.5 Å². The molecular formula is C15H24N2O3S. The van der Waals surface area contributed by atoms with Crippen molar-refractivity contribution in [3.05, 3.63) is 16.1 Å². The highest BCUT2D eigenvalue weighted by molar-refractivity contribution is 7.11. The number of unbranched alkanes of at least 4 members (excludes halogenated alkanes) is 3. The van der Waals surface area contributed by atoms with Gasteiger partial charge in [-0.2, -0.15) is 0 Å². The molecule has 0 atom stereocenters. The van der Waals surface area contributed by atoms with Gasteiger partial charge in [0.25, 0.3) is 5.91 Å². The number of nitrogens with zero attached hydrogens (tertiary/aromatic N) is 1. The van der Waals surface area contributed by atoms with Gasteiger partial charge < -0.3 is 10.4 Å². The van der Waals surface area contributed by atoms with Crippen LogP contribution in [0.3, 0.4) is 0 Å². The molecule has 118 valence electrons. The zero-order valence-electron chi connectivity index (χ0n) is 12.9. The average molecular weight is 312 g/mol. The summed E-state index contributed by atoms with van der Waals surface area (Å²) in [6.45, 7) is 6.75. The lowest BCUT2D eigenvalue weighted by Crippen LogP contribution is -2.27. The summed E-state index contributed by atoms with van der Waals surface area (Å²) in [6.07, 6.45) is 3.61. The van der Waals surface area contributed by atoms with Crippen molar-refractivity contribution in [1.82, 2.24) is 10.3 Å². The minimum Gasteiger partial charge on any atom is -0.481 e. The topological polar surface area (TPSA) is 79.3 Å². The van der Waals surface area contributed by atoms with Crippen LogP contribution in [-0.2, 0) is 10.2 Å². The van der Waals surface area contributed by atoms with Crippen LogP contribution in [0.2, 0.25) is 0 Å². The number of thiazole rings is 1. The van der Waals surface area contributed by atoms with Gasteiger partial charge in [0.2, 0.25) is 0 Å². The van der Waals surface area contributed by atoms with Gasteiger partial charge in [0.15, 0.2) is 0 Å². The van der Waals surface area contributed by atoms with Crippen LogP contribution in [0.4, 0.5) is 0 Å². The molecule has 1 amide bonds. The molecule has 1 aromatic heterocycles. The smallest absolute Gasteiger partial charge is 0.303 e. The van der Waals surface area contributed by atoms with Gasteiger partial charge in [-0.25, -0.2) is 4.98 Å². The molecule has 0 radical (unpaired) electrons. The van der Waals surface area contributed by atoms with Gasteiger partial charge in [0, 0.05) is 18.4 Å². The molecule has 0 aromatic carbocycles. The summed E-state index contributed by atoms with van der Waals surface area (Å²) >= 11 is 1.37. The second-order valence-corrected chi connectivity index (χ2v) is 6.95. The number of aliphatic carboxylic acids is 1. The highest BCUT2D eigenvalue weighted by Crippen LogP contribution is 2.26. The quantitative estimate of drug-likeness (QED) is 0.722. The standard InChI is InChI=1S/C15H24N2O3S/c1-15(2,3)13-12(21-10-17-13)14(20)16-9-7-5-4-6-8-11(18)19/h10H,4-9H2,1-3H3,(H,16,20)(H,18,19). The molecule has 0 spiro atoms. The highest BCUT2D eigenvalue weighted by atomic mass is 32.1. The first-order valence-corrected chi connectivity index (χ1v) is 8.14. The molecule has 0 fully saturated rings. The van der Waals surface area contributed by atoms with E-state index in [-0.39, 0.29) is 17.7 Å². The number of amides is 1. The number of carboxylic acids is 1. The average Bonchev–Trinajstić information content (AvgIpc) is 2.86. The number of carbonyl (C=O) groups is 2. The molecule has 6 heteroatoms. The van der Waals surface area contributed by atoms with Crippen molar-refractivity contribution in [3.8, 4) is 0 Å². The molecule has 0 aliphatic rings. The lowest BCUT2D eigenvalue weighted by atomic mass is 9.91. The maximum absolute atomic E-state index is 12.1. The van der Waals surface area contributed by atoms with Gasteiger partial charge in [-0.05, 0) is 12.8 Å². The zero-order chi connectivity index (χ0) is 15.9. The van der Waals surface area contributed by atoms with Crippen LogP contribution in [0.1, 0.15) is 68.2 Å². The van der Waals surface area contributed by atoms with Crippen LogP contribution in [0, 0.1) is 0 Å². The van der Waals surface area contributed by atoms with Crippen LogP contribution >= 0.6 is 11.3 Å². The Labute approximate surface area is 129 Å². The van der Waals surface area contributed by atoms with Gasteiger partial charge in [0.1, 0.15) is 4.88 Å². The van der Waals surface area contributed by atoms with Crippen LogP contribution < -0.4 is 5.32 Å². The molecule has 0 saturated carbocycles. The molecular weight excluding hydrogens is 288 g/mol. The number of carboxylic acid groups (broad SMARTS) is 1. The van der Waals surface area contributed by atoms with E-state index in [1.54, 1.807) is 5.51 Å².